The average Bonchev–Trinajstić information content (AvgIpc) is 3.08. The number of carbonyl (C=O) groups is 1. The van der Waals surface area contributed by atoms with Crippen LogP contribution in [-0.2, 0) is 6.54 Å². The summed E-state index contributed by atoms with van der Waals surface area (Å²) in [4.78, 5) is 16.8. The first kappa shape index (κ1) is 20.8. The number of halogens is 1. The molecule has 0 saturated heterocycles. The highest BCUT2D eigenvalue weighted by Gasteiger charge is 2.15. The van der Waals surface area contributed by atoms with Gasteiger partial charge < -0.3 is 20.1 Å². The van der Waals surface area contributed by atoms with Crippen LogP contribution in [0.15, 0.2) is 42.5 Å². The molecule has 0 bridgehead atoms. The molecule has 1 unspecified atom stereocenters. The molecular formula is C19H22ClN3O3S. The first-order valence-electron chi connectivity index (χ1n) is 8.21. The zero-order valence-corrected chi connectivity index (χ0v) is 16.9. The Morgan fingerprint density at radius 2 is 1.96 bits per heavy atom. The third kappa shape index (κ3) is 5.02. The van der Waals surface area contributed by atoms with Crippen molar-refractivity contribution in [2.45, 2.75) is 19.5 Å². The number of fused-ring (bicyclic) bond motifs is 1. The molecule has 0 aliphatic rings. The Labute approximate surface area is 168 Å². The molecule has 144 valence electrons. The van der Waals surface area contributed by atoms with Gasteiger partial charge in [-0.1, -0.05) is 12.1 Å². The van der Waals surface area contributed by atoms with E-state index in [0.29, 0.717) is 18.0 Å². The summed E-state index contributed by atoms with van der Waals surface area (Å²) in [5.74, 6) is 1.41. The Balaban J connectivity index is 0.00000261. The van der Waals surface area contributed by atoms with Crippen molar-refractivity contribution in [3.63, 3.8) is 0 Å². The number of aromatic nitrogens is 1. The van der Waals surface area contributed by atoms with E-state index in [1.807, 2.05) is 49.4 Å². The van der Waals surface area contributed by atoms with Crippen molar-refractivity contribution in [2.24, 2.45) is 0 Å². The van der Waals surface area contributed by atoms with Crippen molar-refractivity contribution >= 4 is 40.0 Å². The molecule has 2 N–H and O–H groups in total. The molecule has 8 heteroatoms. The number of nitrogens with one attached hydrogen (secondary N) is 2. The lowest BCUT2D eigenvalue weighted by molar-refractivity contribution is 0.237. The predicted octanol–water partition coefficient (Wildman–Crippen LogP) is 4.30. The molecule has 3 aromatic rings. The standard InChI is InChI=1S/C19H21N3O3S.ClH/c1-12(14-10-13(24-2)8-9-16(14)25-3)21-19(23)20-11-18-22-15-6-4-5-7-17(15)26-18;/h4-10,12H,11H2,1-3H3,(H2,20,21,23);1H. The number of hydrogen-bond acceptors (Lipinski definition) is 5. The highest BCUT2D eigenvalue weighted by Crippen LogP contribution is 2.29. The number of rotatable bonds is 6. The molecule has 0 fully saturated rings. The molecule has 27 heavy (non-hydrogen) atoms. The van der Waals surface area contributed by atoms with Crippen LogP contribution in [0, 0.1) is 0 Å². The van der Waals surface area contributed by atoms with Crippen LogP contribution < -0.4 is 20.1 Å². The van der Waals surface area contributed by atoms with Crippen LogP contribution in [-0.4, -0.2) is 25.2 Å². The smallest absolute Gasteiger partial charge is 0.315 e. The Hall–Kier alpha value is -2.51. The summed E-state index contributed by atoms with van der Waals surface area (Å²) in [5.41, 5.74) is 1.80. The third-order valence-electron chi connectivity index (χ3n) is 3.99. The number of benzene rings is 2. The lowest BCUT2D eigenvalue weighted by Crippen LogP contribution is -2.36. The van der Waals surface area contributed by atoms with Gasteiger partial charge in [0.05, 0.1) is 37.0 Å². The summed E-state index contributed by atoms with van der Waals surface area (Å²) < 4.78 is 11.7. The predicted molar refractivity (Wildman–Crippen MR) is 110 cm³/mol. The molecule has 6 nitrogen and oxygen atoms in total. The van der Waals surface area contributed by atoms with E-state index >= 15 is 0 Å². The topological polar surface area (TPSA) is 72.5 Å². The van der Waals surface area contributed by atoms with Crippen LogP contribution in [0.3, 0.4) is 0 Å². The number of thiazole rings is 1. The van der Waals surface area contributed by atoms with Gasteiger partial charge in [-0.2, -0.15) is 0 Å². The normalized spacial score (nSPS) is 11.4. The fraction of sp³-hybridized carbons (Fsp3) is 0.263. The molecule has 1 aromatic heterocycles. The first-order chi connectivity index (χ1) is 12.6. The number of urea groups is 1. The second-order valence-electron chi connectivity index (χ2n) is 5.73. The van der Waals surface area contributed by atoms with Gasteiger partial charge in [0.25, 0.3) is 0 Å². The number of para-hydroxylation sites is 1. The first-order valence-corrected chi connectivity index (χ1v) is 9.03. The van der Waals surface area contributed by atoms with E-state index in [1.54, 1.807) is 25.6 Å². The zero-order chi connectivity index (χ0) is 18.5. The molecule has 1 atom stereocenters. The number of nitrogens with zero attached hydrogens (tertiary/aromatic N) is 1. The average molecular weight is 408 g/mol. The van der Waals surface area contributed by atoms with Gasteiger partial charge in [-0.3, -0.25) is 0 Å². The third-order valence-corrected chi connectivity index (χ3v) is 5.03. The fourth-order valence-electron chi connectivity index (χ4n) is 2.65. The maximum atomic E-state index is 12.3. The van der Waals surface area contributed by atoms with Crippen LogP contribution in [0.2, 0.25) is 0 Å². The Bertz CT molecular complexity index is 883. The van der Waals surface area contributed by atoms with Crippen molar-refractivity contribution in [2.75, 3.05) is 14.2 Å². The maximum Gasteiger partial charge on any atom is 0.315 e. The minimum absolute atomic E-state index is 0. The molecule has 3 rings (SSSR count). The van der Waals surface area contributed by atoms with Crippen LogP contribution in [0.1, 0.15) is 23.5 Å². The summed E-state index contributed by atoms with van der Waals surface area (Å²) in [6.07, 6.45) is 0. The lowest BCUT2D eigenvalue weighted by Gasteiger charge is -2.18. The van der Waals surface area contributed by atoms with E-state index in [1.165, 1.54) is 0 Å². The molecular weight excluding hydrogens is 386 g/mol. The van der Waals surface area contributed by atoms with Crippen LogP contribution >= 0.6 is 23.7 Å². The van der Waals surface area contributed by atoms with Crippen molar-refractivity contribution in [3.05, 3.63) is 53.0 Å². The van der Waals surface area contributed by atoms with E-state index in [4.69, 9.17) is 9.47 Å². The van der Waals surface area contributed by atoms with Gasteiger partial charge in [0.1, 0.15) is 16.5 Å². The second-order valence-corrected chi connectivity index (χ2v) is 6.85. The maximum absolute atomic E-state index is 12.3. The van der Waals surface area contributed by atoms with E-state index in [2.05, 4.69) is 15.6 Å². The molecule has 0 radical (unpaired) electrons. The van der Waals surface area contributed by atoms with Crippen molar-refractivity contribution in [1.29, 1.82) is 0 Å². The van der Waals surface area contributed by atoms with Gasteiger partial charge in [0.2, 0.25) is 0 Å². The number of carbonyl (C=O) groups excluding carboxylic acids is 1. The molecule has 0 saturated carbocycles. The van der Waals surface area contributed by atoms with Crippen LogP contribution in [0.5, 0.6) is 11.5 Å². The summed E-state index contributed by atoms with van der Waals surface area (Å²) in [7, 11) is 3.21. The van der Waals surface area contributed by atoms with Gasteiger partial charge in [-0.15, -0.1) is 23.7 Å². The van der Waals surface area contributed by atoms with E-state index in [0.717, 1.165) is 20.8 Å². The quantitative estimate of drug-likeness (QED) is 0.639. The highest BCUT2D eigenvalue weighted by atomic mass is 35.5. The van der Waals surface area contributed by atoms with Crippen molar-refractivity contribution in [3.8, 4) is 11.5 Å². The molecule has 2 amide bonds. The molecule has 0 aliphatic heterocycles. The van der Waals surface area contributed by atoms with E-state index in [-0.39, 0.29) is 24.5 Å². The second kappa shape index (κ2) is 9.43. The zero-order valence-electron chi connectivity index (χ0n) is 15.3. The van der Waals surface area contributed by atoms with Crippen LogP contribution in [0.25, 0.3) is 10.2 Å². The Morgan fingerprint density at radius 1 is 1.19 bits per heavy atom. The molecule has 2 aromatic carbocycles. The minimum atomic E-state index is -0.262. The Morgan fingerprint density at radius 3 is 2.67 bits per heavy atom. The monoisotopic (exact) mass is 407 g/mol. The summed E-state index contributed by atoms with van der Waals surface area (Å²) in [5, 5.41) is 6.64. The van der Waals surface area contributed by atoms with E-state index in [9.17, 15) is 4.79 Å². The summed E-state index contributed by atoms with van der Waals surface area (Å²) in [6.45, 7) is 2.28. The van der Waals surface area contributed by atoms with Gasteiger partial charge in [0, 0.05) is 5.56 Å². The van der Waals surface area contributed by atoms with Gasteiger partial charge in [0.15, 0.2) is 0 Å². The highest BCUT2D eigenvalue weighted by molar-refractivity contribution is 7.18. The number of methoxy groups -OCH3 is 2. The largest absolute Gasteiger partial charge is 0.497 e. The lowest BCUT2D eigenvalue weighted by atomic mass is 10.1. The molecule has 0 aliphatic carbocycles. The summed E-state index contributed by atoms with van der Waals surface area (Å²) in [6, 6.07) is 12.9. The minimum Gasteiger partial charge on any atom is -0.497 e. The number of hydrogen-bond donors (Lipinski definition) is 2. The number of amides is 2. The van der Waals surface area contributed by atoms with Crippen LogP contribution in [0.4, 0.5) is 4.79 Å². The van der Waals surface area contributed by atoms with Gasteiger partial charge >= 0.3 is 6.03 Å². The SMILES string of the molecule is COc1ccc(OC)c(C(C)NC(=O)NCc2nc3ccccc3s2)c1.Cl. The molecule has 1 heterocycles. The number of ether oxygens (including phenoxy) is 2. The van der Waals surface area contributed by atoms with Gasteiger partial charge in [-0.25, -0.2) is 9.78 Å². The van der Waals surface area contributed by atoms with Crippen molar-refractivity contribution < 1.29 is 14.3 Å². The Kier molecular flexibility index (Phi) is 7.27. The summed E-state index contributed by atoms with van der Waals surface area (Å²) >= 11 is 1.58. The van der Waals surface area contributed by atoms with E-state index < -0.39 is 0 Å². The van der Waals surface area contributed by atoms with Crippen molar-refractivity contribution in [1.82, 2.24) is 15.6 Å². The van der Waals surface area contributed by atoms with Gasteiger partial charge in [-0.05, 0) is 37.3 Å². The fourth-order valence-corrected chi connectivity index (χ4v) is 3.56. The molecule has 0 spiro atoms.